The van der Waals surface area contributed by atoms with Crippen LogP contribution in [0.3, 0.4) is 0 Å². The van der Waals surface area contributed by atoms with E-state index in [0.29, 0.717) is 29.9 Å². The Hall–Kier alpha value is -3.46. The van der Waals surface area contributed by atoms with Crippen LogP contribution < -0.4 is 15.8 Å². The molecule has 0 bridgehead atoms. The molecule has 168 valence electrons. The van der Waals surface area contributed by atoms with Gasteiger partial charge in [-0.15, -0.1) is 0 Å². The van der Waals surface area contributed by atoms with Gasteiger partial charge in [0.05, 0.1) is 16.5 Å². The number of rotatable bonds is 9. The zero-order valence-electron chi connectivity index (χ0n) is 17.7. The maximum Gasteiger partial charge on any atom is 0.419 e. The van der Waals surface area contributed by atoms with E-state index in [1.807, 2.05) is 25.1 Å². The van der Waals surface area contributed by atoms with E-state index in [4.69, 9.17) is 9.68 Å². The van der Waals surface area contributed by atoms with Gasteiger partial charge in [-0.1, -0.05) is 0 Å². The largest absolute Gasteiger partial charge is 0.419 e. The van der Waals surface area contributed by atoms with E-state index in [-0.39, 0.29) is 23.4 Å². The van der Waals surface area contributed by atoms with Crippen LogP contribution in [0.1, 0.15) is 16.8 Å². The third kappa shape index (κ3) is 5.42. The first-order chi connectivity index (χ1) is 15.2. The molecule has 3 aromatic rings. The number of aromatic nitrogens is 1. The SMILES string of the molecule is CN(C)CCn1c(=O)oc2ccc(NC(=O)c3ccc(S(=O)(=O)NCCC#N)cc3)cc21. The summed E-state index contributed by atoms with van der Waals surface area (Å²) in [4.78, 5) is 26.7. The first-order valence-electron chi connectivity index (χ1n) is 9.77. The predicted molar refractivity (Wildman–Crippen MR) is 119 cm³/mol. The van der Waals surface area contributed by atoms with Crippen molar-refractivity contribution in [3.63, 3.8) is 0 Å². The van der Waals surface area contributed by atoms with Crippen molar-refractivity contribution in [1.29, 1.82) is 5.26 Å². The van der Waals surface area contributed by atoms with Crippen LogP contribution in [0.15, 0.2) is 56.6 Å². The van der Waals surface area contributed by atoms with E-state index in [2.05, 4.69) is 10.0 Å². The van der Waals surface area contributed by atoms with Gasteiger partial charge in [-0.05, 0) is 56.6 Å². The number of nitrogens with zero attached hydrogens (tertiary/aromatic N) is 3. The number of oxazole rings is 1. The summed E-state index contributed by atoms with van der Waals surface area (Å²) in [6.07, 6.45) is 0.0592. The standard InChI is InChI=1S/C21H23N5O5S/c1-25(2)12-13-26-18-14-16(6-9-19(18)31-21(26)28)24-20(27)15-4-7-17(8-5-15)32(29,30)23-11-3-10-22/h4-9,14,23H,3,11-13H2,1-2H3,(H,24,27). The number of nitrogens with one attached hydrogen (secondary N) is 2. The lowest BCUT2D eigenvalue weighted by Gasteiger charge is -2.10. The lowest BCUT2D eigenvalue weighted by atomic mass is 10.2. The van der Waals surface area contributed by atoms with Crippen molar-refractivity contribution in [2.24, 2.45) is 0 Å². The minimum absolute atomic E-state index is 0.00304. The molecule has 2 aromatic carbocycles. The Kier molecular flexibility index (Phi) is 7.09. The number of carbonyl (C=O) groups excluding carboxylic acids is 1. The summed E-state index contributed by atoms with van der Waals surface area (Å²) in [5, 5.41) is 11.3. The highest BCUT2D eigenvalue weighted by atomic mass is 32.2. The zero-order chi connectivity index (χ0) is 23.3. The van der Waals surface area contributed by atoms with Gasteiger partial charge in [0.15, 0.2) is 5.58 Å². The topological polar surface area (TPSA) is 137 Å². The van der Waals surface area contributed by atoms with E-state index in [1.54, 1.807) is 18.2 Å². The molecular weight excluding hydrogens is 434 g/mol. The van der Waals surface area contributed by atoms with Crippen LogP contribution in [0.4, 0.5) is 5.69 Å². The molecule has 0 aliphatic heterocycles. The van der Waals surface area contributed by atoms with Crippen LogP contribution in [0.25, 0.3) is 11.1 Å². The van der Waals surface area contributed by atoms with E-state index in [9.17, 15) is 18.0 Å². The quantitative estimate of drug-likeness (QED) is 0.466. The van der Waals surface area contributed by atoms with Gasteiger partial charge in [-0.3, -0.25) is 9.36 Å². The summed E-state index contributed by atoms with van der Waals surface area (Å²) in [6, 6.07) is 12.2. The van der Waals surface area contributed by atoms with Gasteiger partial charge in [0, 0.05) is 37.3 Å². The summed E-state index contributed by atoms with van der Waals surface area (Å²) in [6.45, 7) is 1.09. The molecule has 0 saturated carbocycles. The van der Waals surface area contributed by atoms with Crippen LogP contribution >= 0.6 is 0 Å². The molecule has 0 fully saturated rings. The molecule has 1 heterocycles. The molecule has 0 atom stereocenters. The molecule has 0 aliphatic carbocycles. The monoisotopic (exact) mass is 457 g/mol. The fourth-order valence-electron chi connectivity index (χ4n) is 2.96. The van der Waals surface area contributed by atoms with Crippen LogP contribution in [0.5, 0.6) is 0 Å². The molecule has 0 radical (unpaired) electrons. The molecule has 0 saturated heterocycles. The zero-order valence-corrected chi connectivity index (χ0v) is 18.5. The second-order valence-corrected chi connectivity index (χ2v) is 9.06. The normalized spacial score (nSPS) is 11.6. The van der Waals surface area contributed by atoms with Crippen molar-refractivity contribution >= 4 is 32.7 Å². The first-order valence-corrected chi connectivity index (χ1v) is 11.3. The molecule has 2 N–H and O–H groups in total. The van der Waals surface area contributed by atoms with Gasteiger partial charge in [0.1, 0.15) is 0 Å². The molecule has 0 spiro atoms. The molecule has 0 aliphatic rings. The minimum Gasteiger partial charge on any atom is -0.408 e. The van der Waals surface area contributed by atoms with Crippen molar-refractivity contribution < 1.29 is 17.6 Å². The van der Waals surface area contributed by atoms with Gasteiger partial charge in [0.25, 0.3) is 5.91 Å². The number of amides is 1. The summed E-state index contributed by atoms with van der Waals surface area (Å²) >= 11 is 0. The van der Waals surface area contributed by atoms with Crippen LogP contribution in [-0.4, -0.2) is 51.0 Å². The number of carbonyl (C=O) groups is 1. The molecule has 1 amide bonds. The number of benzene rings is 2. The second-order valence-electron chi connectivity index (χ2n) is 7.29. The highest BCUT2D eigenvalue weighted by molar-refractivity contribution is 7.89. The third-order valence-corrected chi connectivity index (χ3v) is 6.13. The predicted octanol–water partition coefficient (Wildman–Crippen LogP) is 1.60. The fourth-order valence-corrected chi connectivity index (χ4v) is 4.00. The van der Waals surface area contributed by atoms with E-state index >= 15 is 0 Å². The Morgan fingerprint density at radius 1 is 1.19 bits per heavy atom. The number of sulfonamides is 1. The summed E-state index contributed by atoms with van der Waals surface area (Å²) in [7, 11) is 0.0500. The summed E-state index contributed by atoms with van der Waals surface area (Å²) in [5.41, 5.74) is 1.72. The third-order valence-electron chi connectivity index (χ3n) is 4.65. The van der Waals surface area contributed by atoms with Gasteiger partial charge in [-0.2, -0.15) is 5.26 Å². The van der Waals surface area contributed by atoms with Crippen molar-refractivity contribution in [2.75, 3.05) is 32.5 Å². The lowest BCUT2D eigenvalue weighted by Crippen LogP contribution is -2.24. The Bertz CT molecular complexity index is 1320. The van der Waals surface area contributed by atoms with E-state index in [0.717, 1.165) is 0 Å². The number of fused-ring (bicyclic) bond motifs is 1. The van der Waals surface area contributed by atoms with Crippen LogP contribution in [0, 0.1) is 11.3 Å². The van der Waals surface area contributed by atoms with E-state index in [1.165, 1.54) is 28.8 Å². The Morgan fingerprint density at radius 3 is 2.56 bits per heavy atom. The summed E-state index contributed by atoms with van der Waals surface area (Å²) < 4.78 is 33.4. The number of hydrogen-bond acceptors (Lipinski definition) is 7. The Morgan fingerprint density at radius 2 is 1.91 bits per heavy atom. The van der Waals surface area contributed by atoms with Gasteiger partial charge < -0.3 is 14.6 Å². The Labute approximate surface area is 185 Å². The number of anilines is 1. The fraction of sp³-hybridized carbons (Fsp3) is 0.286. The average molecular weight is 458 g/mol. The average Bonchev–Trinajstić information content (AvgIpc) is 3.06. The summed E-state index contributed by atoms with van der Waals surface area (Å²) in [5.74, 6) is -0.901. The molecule has 1 aromatic heterocycles. The van der Waals surface area contributed by atoms with E-state index < -0.39 is 21.7 Å². The minimum atomic E-state index is -3.75. The van der Waals surface area contributed by atoms with Crippen molar-refractivity contribution in [1.82, 2.24) is 14.2 Å². The lowest BCUT2D eigenvalue weighted by molar-refractivity contribution is 0.102. The molecule has 11 heteroatoms. The molecule has 10 nitrogen and oxygen atoms in total. The van der Waals surface area contributed by atoms with Gasteiger partial charge in [0.2, 0.25) is 10.0 Å². The van der Waals surface area contributed by atoms with Crippen molar-refractivity contribution in [3.05, 3.63) is 58.6 Å². The molecule has 3 rings (SSSR count). The first kappa shape index (κ1) is 23.2. The van der Waals surface area contributed by atoms with Crippen LogP contribution in [0.2, 0.25) is 0 Å². The van der Waals surface area contributed by atoms with Crippen molar-refractivity contribution in [3.8, 4) is 6.07 Å². The highest BCUT2D eigenvalue weighted by Gasteiger charge is 2.15. The Balaban J connectivity index is 1.76. The van der Waals surface area contributed by atoms with Crippen molar-refractivity contribution in [2.45, 2.75) is 17.9 Å². The maximum absolute atomic E-state index is 12.6. The van der Waals surface area contributed by atoms with Crippen LogP contribution in [-0.2, 0) is 16.6 Å². The molecule has 0 unspecified atom stereocenters. The molecular formula is C21H23N5O5S. The number of hydrogen-bond donors (Lipinski definition) is 2. The number of nitriles is 1. The smallest absolute Gasteiger partial charge is 0.408 e. The number of likely N-dealkylation sites (N-methyl/N-ethyl adjacent to an activating group) is 1. The van der Waals surface area contributed by atoms with Gasteiger partial charge >= 0.3 is 5.76 Å². The maximum atomic E-state index is 12.6. The second kappa shape index (κ2) is 9.78. The molecule has 32 heavy (non-hydrogen) atoms. The van der Waals surface area contributed by atoms with Gasteiger partial charge in [-0.25, -0.2) is 17.9 Å². The highest BCUT2D eigenvalue weighted by Crippen LogP contribution is 2.20.